The smallest absolute Gasteiger partial charge is 0.323 e. The van der Waals surface area contributed by atoms with E-state index < -0.39 is 76.1 Å². The quantitative estimate of drug-likeness (QED) is 0.202. The lowest BCUT2D eigenvalue weighted by Gasteiger charge is -2.52. The molecular formula is C34H35N5O8. The van der Waals surface area contributed by atoms with Gasteiger partial charge >= 0.3 is 6.03 Å². The number of hydrogen-bond acceptors (Lipinski definition) is 10. The summed E-state index contributed by atoms with van der Waals surface area (Å²) in [4.78, 5) is 83.8. The van der Waals surface area contributed by atoms with E-state index in [1.165, 1.54) is 25.1 Å². The van der Waals surface area contributed by atoms with E-state index in [-0.39, 0.29) is 24.1 Å². The third kappa shape index (κ3) is 4.76. The number of likely N-dealkylation sites (N-methyl/N-ethyl adjacent to an activating group) is 1. The first-order chi connectivity index (χ1) is 22.2. The van der Waals surface area contributed by atoms with Gasteiger partial charge in [-0.3, -0.25) is 28.9 Å². The molecule has 0 spiro atoms. The maximum Gasteiger partial charge on any atom is 0.323 e. The van der Waals surface area contributed by atoms with Crippen molar-refractivity contribution in [3.63, 3.8) is 0 Å². The molecule has 6 N–H and O–H groups in total. The van der Waals surface area contributed by atoms with Crippen molar-refractivity contribution >= 4 is 62.9 Å². The summed E-state index contributed by atoms with van der Waals surface area (Å²) in [6, 6.07) is 12.5. The summed E-state index contributed by atoms with van der Waals surface area (Å²) in [5.41, 5.74) is 3.67. The third-order valence-corrected chi connectivity index (χ3v) is 9.81. The molecule has 0 bridgehead atoms. The molecule has 0 aliphatic heterocycles. The monoisotopic (exact) mass is 641 g/mol. The molecule has 2 fully saturated rings. The molecule has 0 aromatic heterocycles. The zero-order valence-electron chi connectivity index (χ0n) is 26.2. The highest BCUT2D eigenvalue weighted by Crippen LogP contribution is 2.52. The minimum Gasteiger partial charge on any atom is -0.505 e. The van der Waals surface area contributed by atoms with Gasteiger partial charge in [-0.15, -0.1) is 0 Å². The molecule has 3 aliphatic carbocycles. The minimum absolute atomic E-state index is 0.0645. The average Bonchev–Trinajstić information content (AvgIpc) is 3.00. The Morgan fingerprint density at radius 1 is 0.936 bits per heavy atom. The number of aromatic hydroxyl groups is 1. The highest BCUT2D eigenvalue weighted by Gasteiger charge is 2.69. The zero-order chi connectivity index (χ0) is 34.1. The number of phenolic OH excluding ortho intramolecular Hbond substituents is 1. The Kier molecular flexibility index (Phi) is 7.64. The Hall–Kier alpha value is -5.14. The molecule has 3 aromatic carbocycles. The Morgan fingerprint density at radius 2 is 1.60 bits per heavy atom. The van der Waals surface area contributed by atoms with Crippen LogP contribution in [0.5, 0.6) is 5.75 Å². The number of benzene rings is 3. The molecule has 6 atom stereocenters. The molecule has 47 heavy (non-hydrogen) atoms. The molecule has 0 heterocycles. The van der Waals surface area contributed by atoms with Gasteiger partial charge in [0.2, 0.25) is 5.91 Å². The lowest BCUT2D eigenvalue weighted by molar-refractivity contribution is -0.181. The summed E-state index contributed by atoms with van der Waals surface area (Å²) in [6.45, 7) is 0. The molecule has 2 saturated carbocycles. The van der Waals surface area contributed by atoms with E-state index in [2.05, 4.69) is 10.6 Å². The van der Waals surface area contributed by atoms with Crippen molar-refractivity contribution in [1.29, 1.82) is 0 Å². The topological polar surface area (TPSA) is 199 Å². The van der Waals surface area contributed by atoms with E-state index in [0.717, 1.165) is 10.8 Å². The second kappa shape index (κ2) is 11.3. The third-order valence-electron chi connectivity index (χ3n) is 9.81. The first kappa shape index (κ1) is 31.8. The van der Waals surface area contributed by atoms with Crippen molar-refractivity contribution in [1.82, 2.24) is 4.90 Å². The lowest BCUT2D eigenvalue weighted by atomic mass is 9.52. The number of anilines is 3. The largest absolute Gasteiger partial charge is 0.505 e. The van der Waals surface area contributed by atoms with E-state index in [9.17, 15) is 39.0 Å². The van der Waals surface area contributed by atoms with Crippen molar-refractivity contribution in [3.8, 4) is 5.75 Å². The van der Waals surface area contributed by atoms with Crippen LogP contribution in [0.2, 0.25) is 0 Å². The predicted octanol–water partition coefficient (Wildman–Crippen LogP) is 1.73. The van der Waals surface area contributed by atoms with Gasteiger partial charge in [-0.25, -0.2) is 4.79 Å². The van der Waals surface area contributed by atoms with Gasteiger partial charge in [0.1, 0.15) is 5.75 Å². The van der Waals surface area contributed by atoms with E-state index in [1.807, 2.05) is 30.3 Å². The molecule has 0 saturated heterocycles. The number of urea groups is 1. The first-order valence-corrected chi connectivity index (χ1v) is 15.1. The van der Waals surface area contributed by atoms with E-state index in [4.69, 9.17) is 5.73 Å². The fourth-order valence-corrected chi connectivity index (χ4v) is 7.76. The zero-order valence-corrected chi connectivity index (χ0v) is 26.2. The van der Waals surface area contributed by atoms with E-state index >= 15 is 0 Å². The Labute approximate surface area is 269 Å². The van der Waals surface area contributed by atoms with Gasteiger partial charge in [0.15, 0.2) is 34.7 Å². The first-order valence-electron chi connectivity index (χ1n) is 15.1. The maximum atomic E-state index is 14.2. The Bertz CT molecular complexity index is 1900. The number of ketones is 4. The molecule has 13 heteroatoms. The van der Waals surface area contributed by atoms with Gasteiger partial charge in [-0.2, -0.15) is 0 Å². The van der Waals surface area contributed by atoms with Crippen LogP contribution in [-0.4, -0.2) is 90.0 Å². The van der Waals surface area contributed by atoms with Crippen LogP contribution in [0.25, 0.3) is 10.8 Å². The number of carbonyl (C=O) groups excluding carboxylic acids is 6. The number of fused-ring (bicyclic) bond motifs is 4. The van der Waals surface area contributed by atoms with Gasteiger partial charge in [0.05, 0.1) is 28.9 Å². The van der Waals surface area contributed by atoms with Gasteiger partial charge < -0.3 is 31.5 Å². The van der Waals surface area contributed by atoms with Crippen LogP contribution in [0, 0.1) is 23.7 Å². The summed E-state index contributed by atoms with van der Waals surface area (Å²) in [5.74, 6) is -11.6. The number of Topliss-reactive ketones (excluding diaryl/α,β-unsaturated/α-hetero) is 4. The van der Waals surface area contributed by atoms with Crippen molar-refractivity contribution in [2.45, 2.75) is 24.5 Å². The fraction of sp³-hybridized carbons (Fsp3) is 0.353. The standard InChI is InChI=1S/C34H35N5O8/c1-38(2)22-14-21(37-33(46)36-20-11-7-9-15-8-5-6-10-17(15)20)27(40)24-18(22)12-16-13-19-26(39(3)4)29(42)25(32(35)45)31(44)34(19,47)30(43)23(16)28(24)41/h5-11,14,16,19,23,25-26,40,47H,12-13H2,1-4H3,(H2,35,45)(H2,36,37,46)/t16-,19-,23?,25?,26-,34-/m0/s1. The van der Waals surface area contributed by atoms with Crippen molar-refractivity contribution in [2.75, 3.05) is 43.7 Å². The van der Waals surface area contributed by atoms with Gasteiger partial charge in [0.25, 0.3) is 0 Å². The number of phenols is 1. The number of amides is 3. The average molecular weight is 642 g/mol. The van der Waals surface area contributed by atoms with Crippen LogP contribution in [0.3, 0.4) is 0 Å². The lowest BCUT2D eigenvalue weighted by Crippen LogP contribution is -2.74. The van der Waals surface area contributed by atoms with Crippen LogP contribution < -0.4 is 21.3 Å². The van der Waals surface area contributed by atoms with Gasteiger partial charge in [-0.1, -0.05) is 36.4 Å². The van der Waals surface area contributed by atoms with Crippen molar-refractivity contribution in [2.24, 2.45) is 29.4 Å². The normalized spacial score (nSPS) is 26.8. The Balaban J connectivity index is 1.39. The highest BCUT2D eigenvalue weighted by atomic mass is 16.3. The predicted molar refractivity (Wildman–Crippen MR) is 172 cm³/mol. The van der Waals surface area contributed by atoms with E-state index in [1.54, 1.807) is 31.1 Å². The van der Waals surface area contributed by atoms with Crippen LogP contribution in [0.1, 0.15) is 22.3 Å². The number of rotatable bonds is 5. The molecule has 3 aliphatic rings. The summed E-state index contributed by atoms with van der Waals surface area (Å²) in [6.07, 6.45) is 0.0281. The van der Waals surface area contributed by atoms with Crippen LogP contribution in [0.15, 0.2) is 48.5 Å². The second-order valence-corrected chi connectivity index (χ2v) is 12.9. The van der Waals surface area contributed by atoms with Crippen molar-refractivity contribution in [3.05, 3.63) is 59.7 Å². The number of hydrogen-bond donors (Lipinski definition) is 5. The minimum atomic E-state index is -2.83. The summed E-state index contributed by atoms with van der Waals surface area (Å²) < 4.78 is 0. The molecule has 6 rings (SSSR count). The molecule has 2 unspecified atom stereocenters. The Morgan fingerprint density at radius 3 is 2.26 bits per heavy atom. The van der Waals surface area contributed by atoms with Gasteiger partial charge in [-0.05, 0) is 55.9 Å². The molecule has 3 aromatic rings. The van der Waals surface area contributed by atoms with E-state index in [0.29, 0.717) is 16.9 Å². The molecule has 244 valence electrons. The number of nitrogens with one attached hydrogen (secondary N) is 2. The highest BCUT2D eigenvalue weighted by molar-refractivity contribution is 6.32. The second-order valence-electron chi connectivity index (χ2n) is 12.9. The van der Waals surface area contributed by atoms with Crippen molar-refractivity contribution < 1.29 is 39.0 Å². The maximum absolute atomic E-state index is 14.2. The van der Waals surface area contributed by atoms with Crippen LogP contribution in [0.4, 0.5) is 21.9 Å². The number of nitrogens with zero attached hydrogens (tertiary/aromatic N) is 2. The summed E-state index contributed by atoms with van der Waals surface area (Å²) in [7, 11) is 6.50. The molecule has 13 nitrogen and oxygen atoms in total. The molecular weight excluding hydrogens is 606 g/mol. The number of primary amides is 1. The van der Waals surface area contributed by atoms with Gasteiger partial charge in [0, 0.05) is 31.1 Å². The molecule has 0 radical (unpaired) electrons. The number of carbonyl (C=O) groups is 6. The summed E-state index contributed by atoms with van der Waals surface area (Å²) in [5, 5.41) is 30.3. The van der Waals surface area contributed by atoms with Crippen LogP contribution in [-0.2, 0) is 25.6 Å². The SMILES string of the molecule is CN(C)c1cc(NC(=O)Nc2cccc3ccccc23)c(O)c2c1C[C@H]1C[C@H]3[C@H](N(C)C)C(=O)C(C(N)=O)C(=O)[C@@]3(O)C(=O)C1C2=O. The summed E-state index contributed by atoms with van der Waals surface area (Å²) >= 11 is 0. The van der Waals surface area contributed by atoms with Crippen LogP contribution >= 0.6 is 0 Å². The molecule has 3 amide bonds. The number of aliphatic hydroxyl groups is 1. The number of nitrogens with two attached hydrogens (primary N) is 1. The fourth-order valence-electron chi connectivity index (χ4n) is 7.76.